The Kier molecular flexibility index (Phi) is 15.7. The summed E-state index contributed by atoms with van der Waals surface area (Å²) in [6, 6.07) is -0.397. The minimum absolute atomic E-state index is 0.00415. The number of cyclic esters (lactones) is 1. The van der Waals surface area contributed by atoms with Crippen LogP contribution in [0.25, 0.3) is 0 Å². The van der Waals surface area contributed by atoms with E-state index in [0.29, 0.717) is 6.42 Å². The molecular formula is C37H67NO14. The standard InChI is InChI=1S/C37H67NO14/c1-13-25-37(9,45)30(42)20(4)27(40)18(2)15-36(8,47-12)32(52-34-28(41)24(38-10)14-19(3)48-34)23(17-39)29(21(5)33(44)50-25)51-26-16-35(7,46-11)31(43)22(6)49-26/h18-26,28-32,34,38-39,41-43,45H,13-17H2,1-12H3. The van der Waals surface area contributed by atoms with Gasteiger partial charge in [0.15, 0.2) is 12.6 Å². The van der Waals surface area contributed by atoms with E-state index in [1.54, 1.807) is 48.6 Å². The number of nitrogens with one attached hydrogen (secondary N) is 1. The number of aliphatic hydroxyl groups is 5. The second-order valence-corrected chi connectivity index (χ2v) is 16.0. The highest BCUT2D eigenvalue weighted by molar-refractivity contribution is 5.83. The van der Waals surface area contributed by atoms with Crippen LogP contribution in [0.15, 0.2) is 0 Å². The third kappa shape index (κ3) is 9.36. The maximum Gasteiger partial charge on any atom is 0.311 e. The van der Waals surface area contributed by atoms with Crippen LogP contribution in [0, 0.1) is 23.7 Å². The summed E-state index contributed by atoms with van der Waals surface area (Å²) in [6.07, 6.45) is -10.1. The molecule has 15 nitrogen and oxygen atoms in total. The van der Waals surface area contributed by atoms with Crippen LogP contribution in [0.1, 0.15) is 88.0 Å². The van der Waals surface area contributed by atoms with Crippen molar-refractivity contribution < 1.29 is 68.3 Å². The number of Topliss-reactive ketones (excluding diaryl/α,β-unsaturated/α-hetero) is 1. The molecule has 0 aromatic carbocycles. The van der Waals surface area contributed by atoms with Gasteiger partial charge in [0.2, 0.25) is 0 Å². The average Bonchev–Trinajstić information content (AvgIpc) is 3.11. The number of rotatable bonds is 9. The number of ether oxygens (including phenoxy) is 7. The number of hydrogen-bond donors (Lipinski definition) is 6. The van der Waals surface area contributed by atoms with Crippen LogP contribution in [0.4, 0.5) is 0 Å². The van der Waals surface area contributed by atoms with Gasteiger partial charge in [0, 0.05) is 44.4 Å². The van der Waals surface area contributed by atoms with Crippen LogP contribution in [-0.2, 0) is 42.7 Å². The van der Waals surface area contributed by atoms with Crippen LogP contribution in [0.5, 0.6) is 0 Å². The molecule has 15 heteroatoms. The van der Waals surface area contributed by atoms with Crippen LogP contribution < -0.4 is 5.32 Å². The van der Waals surface area contributed by atoms with Crippen LogP contribution >= 0.6 is 0 Å². The molecule has 3 heterocycles. The molecule has 6 N–H and O–H groups in total. The summed E-state index contributed by atoms with van der Waals surface area (Å²) in [5.41, 5.74) is -4.51. The molecule has 3 aliphatic heterocycles. The average molecular weight is 750 g/mol. The van der Waals surface area contributed by atoms with E-state index in [1.165, 1.54) is 28.1 Å². The smallest absolute Gasteiger partial charge is 0.311 e. The van der Waals surface area contributed by atoms with Gasteiger partial charge in [-0.2, -0.15) is 0 Å². The summed E-state index contributed by atoms with van der Waals surface area (Å²) in [5.74, 6) is -5.31. The Morgan fingerprint density at radius 3 is 2.04 bits per heavy atom. The molecule has 0 aromatic heterocycles. The van der Waals surface area contributed by atoms with E-state index in [4.69, 9.17) is 33.2 Å². The zero-order valence-electron chi connectivity index (χ0n) is 33.1. The third-order valence-corrected chi connectivity index (χ3v) is 12.0. The molecule has 3 fully saturated rings. The summed E-state index contributed by atoms with van der Waals surface area (Å²) < 4.78 is 43.3. The zero-order valence-corrected chi connectivity index (χ0v) is 33.1. The maximum absolute atomic E-state index is 14.2. The van der Waals surface area contributed by atoms with E-state index in [2.05, 4.69) is 5.32 Å². The Hall–Kier alpha value is -1.34. The van der Waals surface area contributed by atoms with Crippen molar-refractivity contribution in [3.05, 3.63) is 0 Å². The second kappa shape index (κ2) is 18.1. The summed E-state index contributed by atoms with van der Waals surface area (Å²) in [6.45, 7) is 14.1. The lowest BCUT2D eigenvalue weighted by molar-refractivity contribution is -0.320. The predicted octanol–water partition coefficient (Wildman–Crippen LogP) is 1.07. The van der Waals surface area contributed by atoms with E-state index >= 15 is 0 Å². The van der Waals surface area contributed by atoms with E-state index in [-0.39, 0.29) is 31.1 Å². The fraction of sp³-hybridized carbons (Fsp3) is 0.946. The molecule has 3 saturated heterocycles. The molecule has 0 radical (unpaired) electrons. The predicted molar refractivity (Wildman–Crippen MR) is 188 cm³/mol. The van der Waals surface area contributed by atoms with E-state index in [1.807, 2.05) is 6.92 Å². The maximum atomic E-state index is 14.2. The summed E-state index contributed by atoms with van der Waals surface area (Å²) >= 11 is 0. The first kappa shape index (κ1) is 45.1. The van der Waals surface area contributed by atoms with Crippen molar-refractivity contribution in [2.45, 2.75) is 172 Å². The van der Waals surface area contributed by atoms with Crippen molar-refractivity contribution in [2.75, 3.05) is 27.9 Å². The van der Waals surface area contributed by atoms with E-state index < -0.39 is 114 Å². The van der Waals surface area contributed by atoms with Gasteiger partial charge in [0.05, 0.1) is 54.2 Å². The molecule has 18 unspecified atom stereocenters. The molecule has 0 bridgehead atoms. The summed E-state index contributed by atoms with van der Waals surface area (Å²) in [7, 11) is 4.62. The number of likely N-dealkylation sites (N-methyl/N-ethyl adjacent to an activating group) is 1. The Bertz CT molecular complexity index is 1180. The van der Waals surface area contributed by atoms with Gasteiger partial charge in [-0.15, -0.1) is 0 Å². The highest BCUT2D eigenvalue weighted by Crippen LogP contribution is 2.41. The highest BCUT2D eigenvalue weighted by Gasteiger charge is 2.54. The van der Waals surface area contributed by atoms with Crippen LogP contribution in [-0.4, -0.2) is 149 Å². The van der Waals surface area contributed by atoms with Gasteiger partial charge in [-0.05, 0) is 67.9 Å². The van der Waals surface area contributed by atoms with Crippen molar-refractivity contribution in [3.63, 3.8) is 0 Å². The number of methoxy groups -OCH3 is 2. The number of carbonyl (C=O) groups excluding carboxylic acids is 2. The lowest BCUT2D eigenvalue weighted by atomic mass is 9.73. The van der Waals surface area contributed by atoms with Crippen molar-refractivity contribution in [1.29, 1.82) is 0 Å². The van der Waals surface area contributed by atoms with Gasteiger partial charge in [-0.25, -0.2) is 0 Å². The van der Waals surface area contributed by atoms with Crippen molar-refractivity contribution in [1.82, 2.24) is 5.32 Å². The molecule has 3 aliphatic rings. The quantitative estimate of drug-likeness (QED) is 0.182. The Morgan fingerprint density at radius 1 is 0.885 bits per heavy atom. The van der Waals surface area contributed by atoms with Gasteiger partial charge in [-0.1, -0.05) is 20.8 Å². The summed E-state index contributed by atoms with van der Waals surface area (Å²) in [4.78, 5) is 28.1. The normalized spacial score (nSPS) is 48.9. The largest absolute Gasteiger partial charge is 0.459 e. The lowest BCUT2D eigenvalue weighted by Crippen LogP contribution is -2.62. The molecule has 3 rings (SSSR count). The van der Waals surface area contributed by atoms with Crippen molar-refractivity contribution >= 4 is 11.8 Å². The van der Waals surface area contributed by atoms with Gasteiger partial charge in [-0.3, -0.25) is 9.59 Å². The Morgan fingerprint density at radius 2 is 1.50 bits per heavy atom. The molecular weight excluding hydrogens is 682 g/mol. The number of aliphatic hydroxyl groups excluding tert-OH is 4. The summed E-state index contributed by atoms with van der Waals surface area (Å²) in [5, 5.41) is 59.8. The molecule has 52 heavy (non-hydrogen) atoms. The van der Waals surface area contributed by atoms with Gasteiger partial charge in [0.1, 0.15) is 29.7 Å². The Balaban J connectivity index is 2.26. The number of hydrogen-bond acceptors (Lipinski definition) is 15. The fourth-order valence-electron chi connectivity index (χ4n) is 8.35. The molecule has 0 saturated carbocycles. The van der Waals surface area contributed by atoms with Gasteiger partial charge >= 0.3 is 5.97 Å². The fourth-order valence-corrected chi connectivity index (χ4v) is 8.35. The lowest BCUT2D eigenvalue weighted by Gasteiger charge is -2.49. The monoisotopic (exact) mass is 749 g/mol. The molecule has 0 aliphatic carbocycles. The first-order chi connectivity index (χ1) is 24.2. The Labute approximate surface area is 308 Å². The van der Waals surface area contributed by atoms with Crippen molar-refractivity contribution in [2.24, 2.45) is 23.7 Å². The number of carbonyl (C=O) groups is 2. The minimum Gasteiger partial charge on any atom is -0.459 e. The van der Waals surface area contributed by atoms with Gasteiger partial charge in [0.25, 0.3) is 0 Å². The number of ketones is 1. The minimum atomic E-state index is -2.01. The molecule has 0 aromatic rings. The first-order valence-corrected chi connectivity index (χ1v) is 18.7. The second-order valence-electron chi connectivity index (χ2n) is 16.0. The van der Waals surface area contributed by atoms with E-state index in [0.717, 1.165) is 0 Å². The molecule has 304 valence electrons. The number of esters is 1. The van der Waals surface area contributed by atoms with Crippen LogP contribution in [0.3, 0.4) is 0 Å². The van der Waals surface area contributed by atoms with Gasteiger partial charge < -0.3 is 64.0 Å². The van der Waals surface area contributed by atoms with Crippen LogP contribution in [0.2, 0.25) is 0 Å². The third-order valence-electron chi connectivity index (χ3n) is 12.0. The molecule has 0 amide bonds. The molecule has 18 atom stereocenters. The topological polar surface area (TPSA) is 212 Å². The first-order valence-electron chi connectivity index (χ1n) is 18.7. The van der Waals surface area contributed by atoms with E-state index in [9.17, 15) is 35.1 Å². The highest BCUT2D eigenvalue weighted by atomic mass is 16.7. The van der Waals surface area contributed by atoms with Crippen molar-refractivity contribution in [3.8, 4) is 0 Å². The zero-order chi connectivity index (χ0) is 39.5. The SMILES string of the molecule is CCC1OC(=O)C(C)C(OC2CC(C)(OC)C(O)C(C)O2)C(CO)C(OC2OC(C)CC(NC)C2O)C(C)(OC)CC(C)C(=O)C(C)C(O)C1(C)O. The molecule has 0 spiro atoms.